The number of thiocarbonyl (C=S) groups is 1. The Labute approximate surface area is 181 Å². The fraction of sp³-hybridized carbons (Fsp3) is 0.261. The van der Waals surface area contributed by atoms with Gasteiger partial charge in [0, 0.05) is 0 Å². The molecule has 1 N–H and O–H groups in total. The zero-order valence-corrected chi connectivity index (χ0v) is 18.0. The average molecular weight is 425 g/mol. The number of rotatable bonds is 7. The van der Waals surface area contributed by atoms with Crippen molar-refractivity contribution in [2.75, 3.05) is 18.1 Å². The van der Waals surface area contributed by atoms with E-state index in [1.807, 2.05) is 13.0 Å². The number of carbonyl (C=O) groups is 2. The van der Waals surface area contributed by atoms with Gasteiger partial charge in [0.2, 0.25) is 0 Å². The van der Waals surface area contributed by atoms with Crippen molar-refractivity contribution in [1.82, 2.24) is 5.32 Å². The van der Waals surface area contributed by atoms with Gasteiger partial charge in [0.25, 0.3) is 11.8 Å². The number of benzene rings is 2. The van der Waals surface area contributed by atoms with Crippen molar-refractivity contribution in [3.63, 3.8) is 0 Å². The Morgan fingerprint density at radius 3 is 2.47 bits per heavy atom. The first-order chi connectivity index (χ1) is 14.4. The molecule has 1 aliphatic rings. The summed E-state index contributed by atoms with van der Waals surface area (Å²) >= 11 is 5.21. The van der Waals surface area contributed by atoms with Crippen LogP contribution in [0.25, 0.3) is 6.08 Å². The van der Waals surface area contributed by atoms with E-state index in [0.29, 0.717) is 41.9 Å². The number of hydrogen-bond acceptors (Lipinski definition) is 5. The summed E-state index contributed by atoms with van der Waals surface area (Å²) in [6.45, 7) is 7.04. The van der Waals surface area contributed by atoms with E-state index in [2.05, 4.69) is 19.2 Å². The average Bonchev–Trinajstić information content (AvgIpc) is 2.71. The summed E-state index contributed by atoms with van der Waals surface area (Å²) in [7, 11) is 0. The Balaban J connectivity index is 1.94. The smallest absolute Gasteiger partial charge is 0.270 e. The lowest BCUT2D eigenvalue weighted by atomic mass is 10.1. The summed E-state index contributed by atoms with van der Waals surface area (Å²) in [5.41, 5.74) is 1.23. The second-order valence-electron chi connectivity index (χ2n) is 7.14. The predicted molar refractivity (Wildman–Crippen MR) is 121 cm³/mol. The number of ether oxygens (including phenoxy) is 2. The molecule has 0 atom stereocenters. The van der Waals surface area contributed by atoms with Gasteiger partial charge in [0.15, 0.2) is 16.6 Å². The van der Waals surface area contributed by atoms with Crippen LogP contribution >= 0.6 is 12.2 Å². The summed E-state index contributed by atoms with van der Waals surface area (Å²) in [5.74, 6) is 0.548. The molecule has 156 valence electrons. The van der Waals surface area contributed by atoms with Crippen LogP contribution in [0.15, 0.2) is 54.1 Å². The highest BCUT2D eigenvalue weighted by molar-refractivity contribution is 7.80. The van der Waals surface area contributed by atoms with Gasteiger partial charge in [0.05, 0.1) is 18.9 Å². The van der Waals surface area contributed by atoms with Crippen LogP contribution in [0.5, 0.6) is 11.5 Å². The highest BCUT2D eigenvalue weighted by Crippen LogP contribution is 2.30. The van der Waals surface area contributed by atoms with E-state index in [-0.39, 0.29) is 10.7 Å². The second kappa shape index (κ2) is 9.54. The first-order valence-electron chi connectivity index (χ1n) is 9.76. The molecular weight excluding hydrogens is 400 g/mol. The molecule has 0 saturated carbocycles. The van der Waals surface area contributed by atoms with Crippen LogP contribution in [0.1, 0.15) is 26.3 Å². The van der Waals surface area contributed by atoms with Gasteiger partial charge in [0.1, 0.15) is 5.57 Å². The molecule has 1 fully saturated rings. The van der Waals surface area contributed by atoms with Gasteiger partial charge < -0.3 is 9.47 Å². The molecule has 0 aromatic heterocycles. The number of carbonyl (C=O) groups excluding carboxylic acids is 2. The van der Waals surface area contributed by atoms with E-state index in [1.54, 1.807) is 42.5 Å². The fourth-order valence-corrected chi connectivity index (χ4v) is 3.18. The van der Waals surface area contributed by atoms with Gasteiger partial charge in [-0.1, -0.05) is 38.1 Å². The second-order valence-corrected chi connectivity index (χ2v) is 7.52. The number of nitrogens with zero attached hydrogens (tertiary/aromatic N) is 1. The van der Waals surface area contributed by atoms with Gasteiger partial charge in [-0.2, -0.15) is 0 Å². The standard InChI is InChI=1S/C23H24N2O4S/c1-4-28-20-13-16(10-11-19(20)29-14-15(2)3)12-18-21(26)24-23(30)25(22(18)27)17-8-6-5-7-9-17/h5-13,15H,4,14H2,1-3H3,(H,24,26,30)/b18-12+. The summed E-state index contributed by atoms with van der Waals surface area (Å²) in [4.78, 5) is 26.9. The third kappa shape index (κ3) is 4.86. The molecule has 0 aliphatic carbocycles. The molecule has 0 radical (unpaired) electrons. The number of hydrogen-bond donors (Lipinski definition) is 1. The first-order valence-corrected chi connectivity index (χ1v) is 10.2. The number of para-hydroxylation sites is 1. The Morgan fingerprint density at radius 1 is 1.07 bits per heavy atom. The number of nitrogens with one attached hydrogen (secondary N) is 1. The molecule has 1 saturated heterocycles. The van der Waals surface area contributed by atoms with Crippen molar-refractivity contribution in [3.8, 4) is 11.5 Å². The van der Waals surface area contributed by atoms with E-state index < -0.39 is 11.8 Å². The lowest BCUT2D eigenvalue weighted by Crippen LogP contribution is -2.54. The van der Waals surface area contributed by atoms with Crippen LogP contribution in [-0.2, 0) is 9.59 Å². The maximum absolute atomic E-state index is 13.1. The normalized spacial score (nSPS) is 15.5. The highest BCUT2D eigenvalue weighted by Gasteiger charge is 2.34. The van der Waals surface area contributed by atoms with E-state index in [4.69, 9.17) is 21.7 Å². The Hall–Kier alpha value is -3.19. The first kappa shape index (κ1) is 21.5. The molecule has 30 heavy (non-hydrogen) atoms. The molecule has 2 aromatic rings. The van der Waals surface area contributed by atoms with Crippen LogP contribution in [0.4, 0.5) is 5.69 Å². The summed E-state index contributed by atoms with van der Waals surface area (Å²) in [6, 6.07) is 14.3. The van der Waals surface area contributed by atoms with Gasteiger partial charge in [-0.3, -0.25) is 19.8 Å². The van der Waals surface area contributed by atoms with E-state index in [0.717, 1.165) is 0 Å². The van der Waals surface area contributed by atoms with Crippen LogP contribution in [-0.4, -0.2) is 30.1 Å². The molecular formula is C23H24N2O4S. The zero-order chi connectivity index (χ0) is 21.7. The van der Waals surface area contributed by atoms with Crippen molar-refractivity contribution in [3.05, 3.63) is 59.7 Å². The SMILES string of the molecule is CCOc1cc(/C=C2\C(=O)NC(=S)N(c3ccccc3)C2=O)ccc1OCC(C)C. The van der Waals surface area contributed by atoms with Crippen molar-refractivity contribution < 1.29 is 19.1 Å². The number of anilines is 1. The lowest BCUT2D eigenvalue weighted by Gasteiger charge is -2.28. The molecule has 6 nitrogen and oxygen atoms in total. The van der Waals surface area contributed by atoms with Crippen molar-refractivity contribution in [2.24, 2.45) is 5.92 Å². The lowest BCUT2D eigenvalue weighted by molar-refractivity contribution is -0.122. The fourth-order valence-electron chi connectivity index (χ4n) is 2.89. The molecule has 0 bridgehead atoms. The maximum atomic E-state index is 13.1. The Morgan fingerprint density at radius 2 is 1.80 bits per heavy atom. The van der Waals surface area contributed by atoms with Crippen molar-refractivity contribution >= 4 is 40.9 Å². The molecule has 0 spiro atoms. The quantitative estimate of drug-likeness (QED) is 0.414. The van der Waals surface area contributed by atoms with Gasteiger partial charge >= 0.3 is 0 Å². The third-order valence-electron chi connectivity index (χ3n) is 4.27. The van der Waals surface area contributed by atoms with Gasteiger partial charge in [-0.05, 0) is 61.0 Å². The predicted octanol–water partition coefficient (Wildman–Crippen LogP) is 3.95. The summed E-state index contributed by atoms with van der Waals surface area (Å²) in [5, 5.41) is 2.64. The minimum Gasteiger partial charge on any atom is -0.490 e. The summed E-state index contributed by atoms with van der Waals surface area (Å²) in [6.07, 6.45) is 1.53. The maximum Gasteiger partial charge on any atom is 0.270 e. The van der Waals surface area contributed by atoms with E-state index in [9.17, 15) is 9.59 Å². The molecule has 0 unspecified atom stereocenters. The largest absolute Gasteiger partial charge is 0.490 e. The van der Waals surface area contributed by atoms with Crippen LogP contribution in [0.2, 0.25) is 0 Å². The van der Waals surface area contributed by atoms with Gasteiger partial charge in [-0.25, -0.2) is 0 Å². The summed E-state index contributed by atoms with van der Waals surface area (Å²) < 4.78 is 11.5. The molecule has 7 heteroatoms. The van der Waals surface area contributed by atoms with Crippen LogP contribution in [0.3, 0.4) is 0 Å². The zero-order valence-electron chi connectivity index (χ0n) is 17.2. The minimum absolute atomic E-state index is 0.00856. The molecule has 1 aliphatic heterocycles. The Bertz CT molecular complexity index is 986. The Kier molecular flexibility index (Phi) is 6.84. The van der Waals surface area contributed by atoms with E-state index >= 15 is 0 Å². The van der Waals surface area contributed by atoms with Crippen molar-refractivity contribution in [2.45, 2.75) is 20.8 Å². The monoisotopic (exact) mass is 424 g/mol. The molecule has 1 heterocycles. The third-order valence-corrected chi connectivity index (χ3v) is 4.55. The topological polar surface area (TPSA) is 67.9 Å². The molecule has 3 rings (SSSR count). The van der Waals surface area contributed by atoms with Gasteiger partial charge in [-0.15, -0.1) is 0 Å². The highest BCUT2D eigenvalue weighted by atomic mass is 32.1. The molecule has 2 amide bonds. The number of amides is 2. The van der Waals surface area contributed by atoms with E-state index in [1.165, 1.54) is 11.0 Å². The minimum atomic E-state index is -0.532. The van der Waals surface area contributed by atoms with Crippen molar-refractivity contribution in [1.29, 1.82) is 0 Å². The van der Waals surface area contributed by atoms with Crippen LogP contribution < -0.4 is 19.7 Å². The van der Waals surface area contributed by atoms with Crippen LogP contribution in [0, 0.1) is 5.92 Å². The molecule has 2 aromatic carbocycles.